The molecular weight excluding hydrogens is 440 g/mol. The normalized spacial score (nSPS) is 16.3. The molecule has 1 aliphatic rings. The molecule has 1 fully saturated rings. The van der Waals surface area contributed by atoms with Crippen molar-refractivity contribution in [2.75, 3.05) is 33.2 Å². The molecule has 32 heavy (non-hydrogen) atoms. The highest BCUT2D eigenvalue weighted by Gasteiger charge is 2.36. The monoisotopic (exact) mass is 461 g/mol. The fourth-order valence-corrected chi connectivity index (χ4v) is 3.70. The van der Waals surface area contributed by atoms with Gasteiger partial charge in [0.15, 0.2) is 0 Å². The minimum absolute atomic E-state index is 0.0406. The summed E-state index contributed by atoms with van der Waals surface area (Å²) in [6, 6.07) is 5.80. The van der Waals surface area contributed by atoms with Gasteiger partial charge in [-0.05, 0) is 36.2 Å². The first-order valence-electron chi connectivity index (χ1n) is 9.79. The van der Waals surface area contributed by atoms with Crippen molar-refractivity contribution in [3.63, 3.8) is 0 Å². The summed E-state index contributed by atoms with van der Waals surface area (Å²) in [4.78, 5) is 13.9. The summed E-state index contributed by atoms with van der Waals surface area (Å²) in [5.41, 5.74) is -3.09. The molecule has 2 aromatic rings. The summed E-state index contributed by atoms with van der Waals surface area (Å²) in [5, 5.41) is 10.8. The van der Waals surface area contributed by atoms with E-state index in [9.17, 15) is 36.5 Å². The number of hydrogen-bond donors (Lipinski definition) is 0. The molecule has 2 aromatic carbocycles. The topological polar surface area (TPSA) is 49.6 Å². The van der Waals surface area contributed by atoms with E-state index in [2.05, 4.69) is 4.90 Å². The van der Waals surface area contributed by atoms with Crippen molar-refractivity contribution >= 4 is 5.69 Å². The van der Waals surface area contributed by atoms with Crippen molar-refractivity contribution in [3.05, 3.63) is 74.3 Å². The Balaban J connectivity index is 1.92. The summed E-state index contributed by atoms with van der Waals surface area (Å²) >= 11 is 0. The Morgan fingerprint density at radius 1 is 0.875 bits per heavy atom. The second-order valence-corrected chi connectivity index (χ2v) is 7.84. The molecular formula is C21H21F6N3O2. The number of rotatable bonds is 5. The smallest absolute Gasteiger partial charge is 0.304 e. The molecule has 3 rings (SSSR count). The van der Waals surface area contributed by atoms with E-state index >= 15 is 0 Å². The van der Waals surface area contributed by atoms with E-state index in [0.717, 1.165) is 31.3 Å². The van der Waals surface area contributed by atoms with E-state index < -0.39 is 40.5 Å². The molecule has 1 saturated heterocycles. The number of likely N-dealkylation sites (N-methyl/N-ethyl adjacent to an activating group) is 1. The lowest BCUT2D eigenvalue weighted by Crippen LogP contribution is -2.44. The van der Waals surface area contributed by atoms with Gasteiger partial charge in [-0.25, -0.2) is 0 Å². The standard InChI is InChI=1S/C21H21F6N3O2/c1-28-6-8-29(9-7-28)13-16-3-2-14(11-18(16)20(22,23)24)10-15-4-5-17(30(31)32)12-19(15)21(25,26)27/h2-5,11-12H,6-10,13H2,1H3. The van der Waals surface area contributed by atoms with Crippen LogP contribution in [0, 0.1) is 10.1 Å². The molecule has 0 N–H and O–H groups in total. The van der Waals surface area contributed by atoms with Gasteiger partial charge in [-0.2, -0.15) is 26.3 Å². The van der Waals surface area contributed by atoms with Gasteiger partial charge in [-0.15, -0.1) is 0 Å². The molecule has 0 amide bonds. The zero-order valence-corrected chi connectivity index (χ0v) is 17.1. The molecule has 0 unspecified atom stereocenters. The highest BCUT2D eigenvalue weighted by atomic mass is 19.4. The summed E-state index contributed by atoms with van der Waals surface area (Å²) in [6.45, 7) is 2.80. The first-order valence-corrected chi connectivity index (χ1v) is 9.79. The first-order chi connectivity index (χ1) is 14.8. The summed E-state index contributed by atoms with van der Waals surface area (Å²) in [7, 11) is 1.93. The van der Waals surface area contributed by atoms with Crippen molar-refractivity contribution in [1.82, 2.24) is 9.80 Å². The molecule has 11 heteroatoms. The third-order valence-corrected chi connectivity index (χ3v) is 5.47. The molecule has 0 atom stereocenters. The van der Waals surface area contributed by atoms with Gasteiger partial charge < -0.3 is 4.90 Å². The highest BCUT2D eigenvalue weighted by molar-refractivity contribution is 5.44. The van der Waals surface area contributed by atoms with Crippen LogP contribution in [0.15, 0.2) is 36.4 Å². The molecule has 5 nitrogen and oxygen atoms in total. The second kappa shape index (κ2) is 9.07. The largest absolute Gasteiger partial charge is 0.416 e. The number of hydrogen-bond acceptors (Lipinski definition) is 4. The van der Waals surface area contributed by atoms with Gasteiger partial charge in [0.05, 0.1) is 16.1 Å². The van der Waals surface area contributed by atoms with Crippen LogP contribution in [-0.2, 0) is 25.3 Å². The average molecular weight is 461 g/mol. The predicted molar refractivity (Wildman–Crippen MR) is 105 cm³/mol. The molecule has 1 heterocycles. The SMILES string of the molecule is CN1CCN(Cc2ccc(Cc3ccc([N+](=O)[O-])cc3C(F)(F)F)cc2C(F)(F)F)CC1. The van der Waals surface area contributed by atoms with E-state index in [1.807, 2.05) is 11.9 Å². The lowest BCUT2D eigenvalue weighted by Gasteiger charge is -2.33. The molecule has 0 aliphatic carbocycles. The van der Waals surface area contributed by atoms with Gasteiger partial charge in [0.1, 0.15) is 0 Å². The number of alkyl halides is 6. The van der Waals surface area contributed by atoms with Crippen molar-refractivity contribution in [2.24, 2.45) is 0 Å². The molecule has 0 spiro atoms. The summed E-state index contributed by atoms with van der Waals surface area (Å²) in [6.07, 6.45) is -9.99. The Bertz CT molecular complexity index is 982. The predicted octanol–water partition coefficient (Wildman–Crippen LogP) is 4.97. The molecule has 174 valence electrons. The third kappa shape index (κ3) is 5.77. The first kappa shape index (κ1) is 24.0. The molecule has 0 saturated carbocycles. The Kier molecular flexibility index (Phi) is 6.80. The Morgan fingerprint density at radius 3 is 2.00 bits per heavy atom. The maximum atomic E-state index is 13.7. The third-order valence-electron chi connectivity index (χ3n) is 5.47. The fourth-order valence-electron chi connectivity index (χ4n) is 3.70. The Morgan fingerprint density at radius 2 is 1.44 bits per heavy atom. The maximum absolute atomic E-state index is 13.7. The highest BCUT2D eigenvalue weighted by Crippen LogP contribution is 2.37. The van der Waals surface area contributed by atoms with Crippen molar-refractivity contribution < 1.29 is 31.3 Å². The number of nitrogens with zero attached hydrogens (tertiary/aromatic N) is 3. The lowest BCUT2D eigenvalue weighted by molar-refractivity contribution is -0.385. The number of halogens is 6. The maximum Gasteiger partial charge on any atom is 0.416 e. The Hall–Kier alpha value is -2.66. The van der Waals surface area contributed by atoms with Crippen LogP contribution in [0.2, 0.25) is 0 Å². The van der Waals surface area contributed by atoms with Gasteiger partial charge >= 0.3 is 12.4 Å². The summed E-state index contributed by atoms with van der Waals surface area (Å²) in [5.74, 6) is 0. The van der Waals surface area contributed by atoms with Crippen molar-refractivity contribution in [2.45, 2.75) is 25.3 Å². The quantitative estimate of drug-likeness (QED) is 0.359. The Labute approximate surface area is 180 Å². The van der Waals surface area contributed by atoms with Crippen LogP contribution in [0.1, 0.15) is 27.8 Å². The minimum atomic E-state index is -4.88. The number of benzene rings is 2. The number of non-ortho nitro benzene ring substituents is 1. The van der Waals surface area contributed by atoms with Crippen LogP contribution >= 0.6 is 0 Å². The average Bonchev–Trinajstić information content (AvgIpc) is 2.69. The zero-order chi connectivity index (χ0) is 23.7. The van der Waals surface area contributed by atoms with Crippen LogP contribution in [0.25, 0.3) is 0 Å². The van der Waals surface area contributed by atoms with Crippen molar-refractivity contribution in [3.8, 4) is 0 Å². The summed E-state index contributed by atoms with van der Waals surface area (Å²) < 4.78 is 81.3. The van der Waals surface area contributed by atoms with Crippen LogP contribution in [0.4, 0.5) is 32.0 Å². The molecule has 0 aromatic heterocycles. The van der Waals surface area contributed by atoms with Crippen LogP contribution < -0.4 is 0 Å². The zero-order valence-electron chi connectivity index (χ0n) is 17.1. The number of nitro groups is 1. The van der Waals surface area contributed by atoms with Gasteiger partial charge in [0, 0.05) is 44.9 Å². The van der Waals surface area contributed by atoms with Gasteiger partial charge in [-0.1, -0.05) is 18.2 Å². The molecule has 1 aliphatic heterocycles. The lowest BCUT2D eigenvalue weighted by atomic mass is 9.95. The number of nitro benzene ring substituents is 1. The van der Waals surface area contributed by atoms with E-state index in [1.165, 1.54) is 12.1 Å². The number of piperazine rings is 1. The van der Waals surface area contributed by atoms with Crippen LogP contribution in [-0.4, -0.2) is 47.9 Å². The van der Waals surface area contributed by atoms with E-state index in [-0.39, 0.29) is 23.2 Å². The van der Waals surface area contributed by atoms with E-state index in [4.69, 9.17) is 0 Å². The van der Waals surface area contributed by atoms with E-state index in [0.29, 0.717) is 19.2 Å². The fraction of sp³-hybridized carbons (Fsp3) is 0.429. The second-order valence-electron chi connectivity index (χ2n) is 7.84. The van der Waals surface area contributed by atoms with Crippen LogP contribution in [0.3, 0.4) is 0 Å². The van der Waals surface area contributed by atoms with E-state index in [1.54, 1.807) is 0 Å². The van der Waals surface area contributed by atoms with Crippen LogP contribution in [0.5, 0.6) is 0 Å². The van der Waals surface area contributed by atoms with Gasteiger partial charge in [-0.3, -0.25) is 15.0 Å². The molecule has 0 radical (unpaired) electrons. The minimum Gasteiger partial charge on any atom is -0.304 e. The van der Waals surface area contributed by atoms with Gasteiger partial charge in [0.25, 0.3) is 5.69 Å². The van der Waals surface area contributed by atoms with Crippen molar-refractivity contribution in [1.29, 1.82) is 0 Å². The molecule has 0 bridgehead atoms. The van der Waals surface area contributed by atoms with Gasteiger partial charge in [0.2, 0.25) is 0 Å².